The first-order chi connectivity index (χ1) is 8.97. The van der Waals surface area contributed by atoms with Gasteiger partial charge in [0, 0.05) is 32.2 Å². The highest BCUT2D eigenvalue weighted by Crippen LogP contribution is 2.21. The number of aryl methyl sites for hydroxylation is 2. The molecule has 0 aliphatic carbocycles. The van der Waals surface area contributed by atoms with E-state index in [1.807, 2.05) is 0 Å². The molecule has 1 aliphatic heterocycles. The first-order valence-electron chi connectivity index (χ1n) is 7.15. The van der Waals surface area contributed by atoms with Crippen molar-refractivity contribution in [1.82, 2.24) is 9.80 Å². The summed E-state index contributed by atoms with van der Waals surface area (Å²) in [5.74, 6) is 0. The van der Waals surface area contributed by atoms with Gasteiger partial charge in [-0.1, -0.05) is 23.8 Å². The van der Waals surface area contributed by atoms with Crippen LogP contribution in [0.2, 0.25) is 0 Å². The molecule has 0 aromatic heterocycles. The SMILES string of the molecule is Cc1ccc(C)c(C(O)CN2CCN(C)CC2C)c1. The van der Waals surface area contributed by atoms with Crippen molar-refractivity contribution in [2.75, 3.05) is 33.2 Å². The van der Waals surface area contributed by atoms with Crippen molar-refractivity contribution in [3.63, 3.8) is 0 Å². The van der Waals surface area contributed by atoms with Crippen molar-refractivity contribution in [1.29, 1.82) is 0 Å². The topological polar surface area (TPSA) is 26.7 Å². The third-order valence-corrected chi connectivity index (χ3v) is 4.17. The normalized spacial score (nSPS) is 23.5. The highest BCUT2D eigenvalue weighted by atomic mass is 16.3. The van der Waals surface area contributed by atoms with Crippen LogP contribution in [0, 0.1) is 13.8 Å². The maximum atomic E-state index is 10.5. The number of β-amino-alcohol motifs (C(OH)–C–C–N with tert-alkyl or cyclic N) is 1. The first kappa shape index (κ1) is 14.5. The zero-order valence-corrected chi connectivity index (χ0v) is 12.6. The molecule has 0 amide bonds. The molecule has 0 spiro atoms. The molecule has 1 heterocycles. The van der Waals surface area contributed by atoms with E-state index in [-0.39, 0.29) is 6.10 Å². The van der Waals surface area contributed by atoms with Gasteiger partial charge >= 0.3 is 0 Å². The summed E-state index contributed by atoms with van der Waals surface area (Å²) in [4.78, 5) is 4.75. The van der Waals surface area contributed by atoms with Crippen LogP contribution in [0.25, 0.3) is 0 Å². The highest BCUT2D eigenvalue weighted by molar-refractivity contribution is 5.32. The van der Waals surface area contributed by atoms with Gasteiger partial charge < -0.3 is 10.0 Å². The Hall–Kier alpha value is -0.900. The maximum Gasteiger partial charge on any atom is 0.0919 e. The highest BCUT2D eigenvalue weighted by Gasteiger charge is 2.24. The van der Waals surface area contributed by atoms with Gasteiger partial charge in [-0.25, -0.2) is 0 Å². The Bertz CT molecular complexity index is 433. The van der Waals surface area contributed by atoms with Crippen LogP contribution in [0.5, 0.6) is 0 Å². The molecule has 1 aliphatic rings. The van der Waals surface area contributed by atoms with Crippen LogP contribution in [0.3, 0.4) is 0 Å². The van der Waals surface area contributed by atoms with Gasteiger partial charge in [0.05, 0.1) is 6.10 Å². The maximum absolute atomic E-state index is 10.5. The Labute approximate surface area is 116 Å². The van der Waals surface area contributed by atoms with Crippen LogP contribution in [0.1, 0.15) is 29.7 Å². The van der Waals surface area contributed by atoms with E-state index in [1.165, 1.54) is 11.1 Å². The van der Waals surface area contributed by atoms with Gasteiger partial charge in [0.25, 0.3) is 0 Å². The van der Waals surface area contributed by atoms with E-state index in [9.17, 15) is 5.11 Å². The molecule has 0 radical (unpaired) electrons. The third-order valence-electron chi connectivity index (χ3n) is 4.17. The molecular weight excluding hydrogens is 236 g/mol. The summed E-state index contributed by atoms with van der Waals surface area (Å²) < 4.78 is 0. The van der Waals surface area contributed by atoms with Gasteiger partial charge in [0.1, 0.15) is 0 Å². The Morgan fingerprint density at radius 1 is 1.32 bits per heavy atom. The van der Waals surface area contributed by atoms with Gasteiger partial charge in [-0.15, -0.1) is 0 Å². The lowest BCUT2D eigenvalue weighted by Gasteiger charge is -2.39. The molecule has 1 saturated heterocycles. The van der Waals surface area contributed by atoms with Gasteiger partial charge in [0.15, 0.2) is 0 Å². The molecule has 2 atom stereocenters. The zero-order chi connectivity index (χ0) is 14.0. The predicted octanol–water partition coefficient (Wildman–Crippen LogP) is 1.97. The largest absolute Gasteiger partial charge is 0.387 e. The second-order valence-electron chi connectivity index (χ2n) is 5.98. The molecule has 1 N–H and O–H groups in total. The molecule has 3 heteroatoms. The zero-order valence-electron chi connectivity index (χ0n) is 12.6. The summed E-state index contributed by atoms with van der Waals surface area (Å²) in [6.07, 6.45) is -0.384. The number of nitrogens with zero attached hydrogens (tertiary/aromatic N) is 2. The number of aliphatic hydroxyl groups excluding tert-OH is 1. The van der Waals surface area contributed by atoms with Crippen molar-refractivity contribution in [2.24, 2.45) is 0 Å². The second kappa shape index (κ2) is 6.04. The smallest absolute Gasteiger partial charge is 0.0919 e. The second-order valence-corrected chi connectivity index (χ2v) is 5.98. The van der Waals surface area contributed by atoms with Crippen LogP contribution in [-0.4, -0.2) is 54.2 Å². The predicted molar refractivity (Wildman–Crippen MR) is 79.4 cm³/mol. The van der Waals surface area contributed by atoms with Crippen molar-refractivity contribution >= 4 is 0 Å². The van der Waals surface area contributed by atoms with Gasteiger partial charge in [-0.2, -0.15) is 0 Å². The van der Waals surface area contributed by atoms with Crippen LogP contribution in [0.4, 0.5) is 0 Å². The standard InChI is InChI=1S/C16H26N2O/c1-12-5-6-13(2)15(9-12)16(19)11-18-8-7-17(4)10-14(18)3/h5-6,9,14,16,19H,7-8,10-11H2,1-4H3. The van der Waals surface area contributed by atoms with E-state index in [2.05, 4.69) is 55.8 Å². The van der Waals surface area contributed by atoms with Crippen molar-refractivity contribution in [3.05, 3.63) is 34.9 Å². The minimum absolute atomic E-state index is 0.384. The summed E-state index contributed by atoms with van der Waals surface area (Å²) in [5.41, 5.74) is 3.47. The number of hydrogen-bond donors (Lipinski definition) is 1. The molecule has 3 nitrogen and oxygen atoms in total. The molecule has 2 rings (SSSR count). The van der Waals surface area contributed by atoms with E-state index in [4.69, 9.17) is 0 Å². The number of piperazine rings is 1. The Morgan fingerprint density at radius 3 is 2.74 bits per heavy atom. The molecule has 1 aromatic rings. The molecule has 1 fully saturated rings. The summed E-state index contributed by atoms with van der Waals surface area (Å²) in [6.45, 7) is 10.3. The van der Waals surface area contributed by atoms with Crippen molar-refractivity contribution in [2.45, 2.75) is 32.9 Å². The molecule has 0 saturated carbocycles. The van der Waals surface area contributed by atoms with Crippen LogP contribution in [-0.2, 0) is 0 Å². The number of rotatable bonds is 3. The number of hydrogen-bond acceptors (Lipinski definition) is 3. The van der Waals surface area contributed by atoms with E-state index < -0.39 is 0 Å². The third kappa shape index (κ3) is 3.56. The monoisotopic (exact) mass is 262 g/mol. The minimum atomic E-state index is -0.384. The summed E-state index contributed by atoms with van der Waals surface area (Å²) in [6, 6.07) is 6.82. The number of likely N-dealkylation sites (N-methyl/N-ethyl adjacent to an activating group) is 1. The lowest BCUT2D eigenvalue weighted by molar-refractivity contribution is 0.0472. The van der Waals surface area contributed by atoms with E-state index in [1.54, 1.807) is 0 Å². The molecule has 19 heavy (non-hydrogen) atoms. The molecule has 2 unspecified atom stereocenters. The van der Waals surface area contributed by atoms with E-state index >= 15 is 0 Å². The number of aliphatic hydroxyl groups is 1. The first-order valence-corrected chi connectivity index (χ1v) is 7.15. The quantitative estimate of drug-likeness (QED) is 0.902. The molecule has 0 bridgehead atoms. The van der Waals surface area contributed by atoms with Crippen molar-refractivity contribution in [3.8, 4) is 0 Å². The Kier molecular flexibility index (Phi) is 4.61. The molecular formula is C16H26N2O. The average molecular weight is 262 g/mol. The Balaban J connectivity index is 2.04. The summed E-state index contributed by atoms with van der Waals surface area (Å²) >= 11 is 0. The van der Waals surface area contributed by atoms with Crippen LogP contribution in [0.15, 0.2) is 18.2 Å². The lowest BCUT2D eigenvalue weighted by atomic mass is 10.00. The molecule has 1 aromatic carbocycles. The fraction of sp³-hybridized carbons (Fsp3) is 0.625. The van der Waals surface area contributed by atoms with Crippen molar-refractivity contribution < 1.29 is 5.11 Å². The van der Waals surface area contributed by atoms with E-state index in [0.717, 1.165) is 31.7 Å². The van der Waals surface area contributed by atoms with E-state index in [0.29, 0.717) is 6.04 Å². The van der Waals surface area contributed by atoms with Gasteiger partial charge in [-0.05, 0) is 38.9 Å². The fourth-order valence-corrected chi connectivity index (χ4v) is 2.89. The summed E-state index contributed by atoms with van der Waals surface area (Å²) in [7, 11) is 2.16. The average Bonchev–Trinajstić information content (AvgIpc) is 2.35. The fourth-order valence-electron chi connectivity index (χ4n) is 2.89. The van der Waals surface area contributed by atoms with Crippen LogP contribution < -0.4 is 0 Å². The lowest BCUT2D eigenvalue weighted by Crippen LogP contribution is -2.51. The Morgan fingerprint density at radius 2 is 2.05 bits per heavy atom. The minimum Gasteiger partial charge on any atom is -0.387 e. The number of benzene rings is 1. The van der Waals surface area contributed by atoms with Gasteiger partial charge in [-0.3, -0.25) is 4.90 Å². The van der Waals surface area contributed by atoms with Gasteiger partial charge in [0.2, 0.25) is 0 Å². The van der Waals surface area contributed by atoms with Crippen LogP contribution >= 0.6 is 0 Å². The summed E-state index contributed by atoms with van der Waals surface area (Å²) in [5, 5.41) is 10.5. The molecule has 106 valence electrons.